The number of thioether (sulfide) groups is 1. The van der Waals surface area contributed by atoms with Crippen molar-refractivity contribution >= 4 is 21.3 Å². The third-order valence-corrected chi connectivity index (χ3v) is 5.01. The van der Waals surface area contributed by atoms with Crippen molar-refractivity contribution in [1.82, 2.24) is 0 Å². The predicted octanol–water partition coefficient (Wildman–Crippen LogP) is 0.622. The molecule has 0 saturated carbocycles. The fourth-order valence-corrected chi connectivity index (χ4v) is 4.12. The summed E-state index contributed by atoms with van der Waals surface area (Å²) in [5.74, 6) is 2.41. The van der Waals surface area contributed by atoms with Crippen molar-refractivity contribution < 1.29 is 9.47 Å². The van der Waals surface area contributed by atoms with Gasteiger partial charge in [-0.15, -0.1) is 0 Å². The fraction of sp³-hybridized carbons (Fsp3) is 1.00. The first kappa shape index (κ1) is 14.4. The maximum Gasteiger partial charge on any atom is 0.134 e. The maximum atomic E-state index is 5.49. The van der Waals surface area contributed by atoms with Gasteiger partial charge < -0.3 is 15.2 Å². The lowest BCUT2D eigenvalue weighted by atomic mass is 10.8. The molecule has 14 heavy (non-hydrogen) atoms. The van der Waals surface area contributed by atoms with E-state index in [0.717, 1.165) is 25.5 Å². The van der Waals surface area contributed by atoms with Crippen molar-refractivity contribution in [3.63, 3.8) is 0 Å². The van der Waals surface area contributed by atoms with E-state index in [9.17, 15) is 0 Å². The Balaban J connectivity index is 3.30. The zero-order chi connectivity index (χ0) is 10.6. The molecule has 5 heteroatoms. The van der Waals surface area contributed by atoms with E-state index in [2.05, 4.69) is 0 Å². The molecule has 2 N–H and O–H groups in total. The smallest absolute Gasteiger partial charge is 0.134 e. The minimum Gasteiger partial charge on any atom is -0.357 e. The highest BCUT2D eigenvalue weighted by molar-refractivity contribution is 7.99. The average molecular weight is 237 g/mol. The van der Waals surface area contributed by atoms with Gasteiger partial charge in [0.1, 0.15) is 5.91 Å². The minimum atomic E-state index is -0.231. The molecule has 0 aliphatic rings. The minimum absolute atomic E-state index is 0.128. The zero-order valence-corrected chi connectivity index (χ0v) is 11.6. The van der Waals surface area contributed by atoms with Crippen molar-refractivity contribution in [2.24, 2.45) is 5.73 Å². The van der Waals surface area contributed by atoms with Crippen LogP contribution < -0.4 is 5.73 Å². The van der Waals surface area contributed by atoms with E-state index in [0.29, 0.717) is 0 Å². The maximum absolute atomic E-state index is 5.49. The molecule has 0 heterocycles. The summed E-state index contributed by atoms with van der Waals surface area (Å²) >= 11 is 1.93. The lowest BCUT2D eigenvalue weighted by molar-refractivity contribution is -0.0826. The molecule has 0 aromatic carbocycles. The van der Waals surface area contributed by atoms with E-state index in [4.69, 9.17) is 15.2 Å². The van der Waals surface area contributed by atoms with Crippen molar-refractivity contribution in [1.29, 1.82) is 0 Å². The third kappa shape index (κ3) is 9.02. The van der Waals surface area contributed by atoms with E-state index in [1.165, 1.54) is 11.8 Å². The van der Waals surface area contributed by atoms with Gasteiger partial charge in [0.15, 0.2) is 0 Å². The van der Waals surface area contributed by atoms with Gasteiger partial charge in [-0.05, 0) is 25.6 Å². The van der Waals surface area contributed by atoms with Gasteiger partial charge in [-0.2, -0.15) is 11.8 Å². The second kappa shape index (κ2) is 11.5. The van der Waals surface area contributed by atoms with E-state index in [-0.39, 0.29) is 15.4 Å². The molecule has 0 amide bonds. The first-order chi connectivity index (χ1) is 6.85. The first-order valence-electron chi connectivity index (χ1n) is 5.36. The molecule has 0 aromatic heterocycles. The summed E-state index contributed by atoms with van der Waals surface area (Å²) < 4.78 is 11.0. The van der Waals surface area contributed by atoms with Gasteiger partial charge in [-0.1, -0.05) is 0 Å². The van der Waals surface area contributed by atoms with Crippen LogP contribution in [0.2, 0.25) is 6.04 Å². The van der Waals surface area contributed by atoms with E-state index in [1.807, 2.05) is 25.6 Å². The van der Waals surface area contributed by atoms with E-state index < -0.39 is 0 Å². The Kier molecular flexibility index (Phi) is 11.9. The molecule has 0 fully saturated rings. The van der Waals surface area contributed by atoms with Gasteiger partial charge >= 0.3 is 0 Å². The zero-order valence-electron chi connectivity index (χ0n) is 9.33. The van der Waals surface area contributed by atoms with Crippen LogP contribution in [-0.2, 0) is 9.47 Å². The van der Waals surface area contributed by atoms with Crippen LogP contribution in [0.25, 0.3) is 0 Å². The first-order valence-corrected chi connectivity index (χ1v) is 8.33. The molecular formula is C9H23NO2SSi. The summed E-state index contributed by atoms with van der Waals surface area (Å²) in [5.41, 5.74) is 5.41. The van der Waals surface area contributed by atoms with Crippen molar-refractivity contribution in [3.05, 3.63) is 0 Å². The van der Waals surface area contributed by atoms with Crippen LogP contribution in [-0.4, -0.2) is 46.7 Å². The molecule has 0 bridgehead atoms. The van der Waals surface area contributed by atoms with Crippen LogP contribution in [0.3, 0.4) is 0 Å². The van der Waals surface area contributed by atoms with Gasteiger partial charge in [-0.25, -0.2) is 0 Å². The van der Waals surface area contributed by atoms with Crippen LogP contribution in [0.5, 0.6) is 0 Å². The second-order valence-corrected chi connectivity index (χ2v) is 6.06. The molecule has 0 aromatic rings. The summed E-state index contributed by atoms with van der Waals surface area (Å²) in [6, 6.07) is 1.27. The quantitative estimate of drug-likeness (QED) is 0.344. The van der Waals surface area contributed by atoms with Gasteiger partial charge in [0, 0.05) is 25.5 Å². The Labute approximate surface area is 93.9 Å². The molecule has 0 radical (unpaired) electrons. The summed E-state index contributed by atoms with van der Waals surface area (Å²) in [6.07, 6.45) is 0. The SMILES string of the molecule is CCOC(OCC)[SiH2]CCSCCN. The van der Waals surface area contributed by atoms with Crippen LogP contribution >= 0.6 is 11.8 Å². The molecular weight excluding hydrogens is 214 g/mol. The van der Waals surface area contributed by atoms with E-state index in [1.54, 1.807) is 0 Å². The highest BCUT2D eigenvalue weighted by atomic mass is 32.2. The second-order valence-electron chi connectivity index (χ2n) is 2.88. The molecule has 0 atom stereocenters. The Hall–Kier alpha value is 0.447. The lowest BCUT2D eigenvalue weighted by Crippen LogP contribution is -2.24. The average Bonchev–Trinajstić information content (AvgIpc) is 2.18. The van der Waals surface area contributed by atoms with Crippen LogP contribution in [0, 0.1) is 0 Å². The Morgan fingerprint density at radius 3 is 2.36 bits per heavy atom. The lowest BCUT2D eigenvalue weighted by Gasteiger charge is -2.16. The topological polar surface area (TPSA) is 44.5 Å². The van der Waals surface area contributed by atoms with Crippen molar-refractivity contribution in [2.75, 3.05) is 31.3 Å². The third-order valence-electron chi connectivity index (χ3n) is 1.70. The molecule has 0 aliphatic heterocycles. The Morgan fingerprint density at radius 2 is 1.86 bits per heavy atom. The van der Waals surface area contributed by atoms with Gasteiger partial charge in [0.25, 0.3) is 0 Å². The highest BCUT2D eigenvalue weighted by Gasteiger charge is 2.07. The number of hydrogen-bond donors (Lipinski definition) is 1. The van der Waals surface area contributed by atoms with Crippen molar-refractivity contribution in [3.8, 4) is 0 Å². The number of nitrogens with two attached hydrogens (primary N) is 1. The molecule has 86 valence electrons. The summed E-state index contributed by atoms with van der Waals surface area (Å²) in [7, 11) is -0.231. The van der Waals surface area contributed by atoms with Crippen LogP contribution in [0.15, 0.2) is 0 Å². The number of rotatable bonds is 10. The van der Waals surface area contributed by atoms with Gasteiger partial charge in [0.2, 0.25) is 0 Å². The molecule has 0 unspecified atom stereocenters. The van der Waals surface area contributed by atoms with E-state index >= 15 is 0 Å². The van der Waals surface area contributed by atoms with Crippen LogP contribution in [0.1, 0.15) is 13.8 Å². The largest absolute Gasteiger partial charge is 0.357 e. The normalized spacial score (nSPS) is 12.0. The molecule has 3 nitrogen and oxygen atoms in total. The molecule has 0 saturated heterocycles. The highest BCUT2D eigenvalue weighted by Crippen LogP contribution is 2.03. The monoisotopic (exact) mass is 237 g/mol. The summed E-state index contributed by atoms with van der Waals surface area (Å²) in [6.45, 7) is 6.33. The molecule has 0 rings (SSSR count). The Morgan fingerprint density at radius 1 is 1.21 bits per heavy atom. The standard InChI is InChI=1S/C9H23NO2SSi/c1-3-11-9(12-4-2)14-8-7-13-6-5-10/h9H,3-8,10,14H2,1-2H3. The summed E-state index contributed by atoms with van der Waals surface area (Å²) in [4.78, 5) is 0. The molecule has 0 spiro atoms. The van der Waals surface area contributed by atoms with Crippen molar-refractivity contribution in [2.45, 2.75) is 25.8 Å². The predicted molar refractivity (Wildman–Crippen MR) is 66.8 cm³/mol. The number of hydrogen-bond acceptors (Lipinski definition) is 4. The Bertz CT molecular complexity index is 113. The molecule has 0 aliphatic carbocycles. The fourth-order valence-electron chi connectivity index (χ4n) is 1.12. The van der Waals surface area contributed by atoms with Crippen LogP contribution in [0.4, 0.5) is 0 Å². The van der Waals surface area contributed by atoms with Gasteiger partial charge in [-0.3, -0.25) is 0 Å². The number of ether oxygens (including phenoxy) is 2. The summed E-state index contributed by atoms with van der Waals surface area (Å²) in [5, 5.41) is 0. The van der Waals surface area contributed by atoms with Gasteiger partial charge in [0.05, 0.1) is 9.52 Å².